The van der Waals surface area contributed by atoms with E-state index in [9.17, 15) is 32.8 Å². The van der Waals surface area contributed by atoms with Gasteiger partial charge in [0.1, 0.15) is 6.16 Å². The lowest BCUT2D eigenvalue weighted by atomic mass is 10.2. The van der Waals surface area contributed by atoms with Crippen LogP contribution in [0.3, 0.4) is 0 Å². The number of ether oxygens (including phenoxy) is 1. The van der Waals surface area contributed by atoms with Crippen LogP contribution in [0.5, 0.6) is 0 Å². The minimum absolute atomic E-state index is 0.0449. The standard InChI is InChI=1S/C21H36F2NO7PS2/c1-4-17(26)30-21(13(2)3)31-32(29,9-6-5-7-14(34)8-10-33)12-16(25)24-11-15(22)18(23)19(24)20(27)28/h13-15,18-19,21,33-34H,4-12H2,1-3H3,(H,27,28). The topological polar surface area (TPSA) is 110 Å². The van der Waals surface area contributed by atoms with Gasteiger partial charge in [0, 0.05) is 23.8 Å². The monoisotopic (exact) mass is 547 g/mol. The maximum absolute atomic E-state index is 14.0. The van der Waals surface area contributed by atoms with Crippen molar-refractivity contribution in [2.45, 2.75) is 82.8 Å². The van der Waals surface area contributed by atoms with E-state index < -0.39 is 62.6 Å². The van der Waals surface area contributed by atoms with Crippen LogP contribution in [-0.4, -0.2) is 82.4 Å². The summed E-state index contributed by atoms with van der Waals surface area (Å²) in [6.45, 7) is 4.21. The normalized spacial score (nSPS) is 24.0. The van der Waals surface area contributed by atoms with Crippen LogP contribution in [0.25, 0.3) is 0 Å². The van der Waals surface area contributed by atoms with E-state index in [0.29, 0.717) is 23.5 Å². The number of carboxylic acids is 1. The molecule has 0 radical (unpaired) electrons. The van der Waals surface area contributed by atoms with Crippen molar-refractivity contribution in [3.05, 3.63) is 0 Å². The van der Waals surface area contributed by atoms with Gasteiger partial charge in [-0.05, 0) is 25.0 Å². The number of alkyl halides is 2. The second-order valence-electron chi connectivity index (χ2n) is 8.71. The van der Waals surface area contributed by atoms with E-state index in [1.165, 1.54) is 0 Å². The highest BCUT2D eigenvalue weighted by Crippen LogP contribution is 2.50. The molecule has 6 atom stereocenters. The summed E-state index contributed by atoms with van der Waals surface area (Å²) in [6.07, 6.45) is -3.91. The van der Waals surface area contributed by atoms with Gasteiger partial charge >= 0.3 is 11.9 Å². The summed E-state index contributed by atoms with van der Waals surface area (Å²) >= 11 is 8.62. The second-order valence-corrected chi connectivity index (χ2v) is 12.5. The molecule has 1 aliphatic rings. The fraction of sp³-hybridized carbons (Fsp3) is 0.857. The molecule has 1 saturated heterocycles. The Morgan fingerprint density at radius 1 is 1.21 bits per heavy atom. The molecule has 8 nitrogen and oxygen atoms in total. The number of halogens is 2. The van der Waals surface area contributed by atoms with Crippen molar-refractivity contribution in [2.24, 2.45) is 5.92 Å². The largest absolute Gasteiger partial charge is 0.480 e. The first kappa shape index (κ1) is 31.2. The molecular weight excluding hydrogens is 511 g/mol. The van der Waals surface area contributed by atoms with Gasteiger partial charge in [-0.2, -0.15) is 25.3 Å². The van der Waals surface area contributed by atoms with Crippen molar-refractivity contribution in [3.63, 3.8) is 0 Å². The molecule has 0 saturated carbocycles. The van der Waals surface area contributed by atoms with Crippen molar-refractivity contribution in [1.29, 1.82) is 0 Å². The van der Waals surface area contributed by atoms with Crippen molar-refractivity contribution in [1.82, 2.24) is 4.90 Å². The van der Waals surface area contributed by atoms with Crippen molar-refractivity contribution in [2.75, 3.05) is 24.6 Å². The Bertz CT molecular complexity index is 746. The van der Waals surface area contributed by atoms with Crippen LogP contribution in [0.1, 0.15) is 52.9 Å². The van der Waals surface area contributed by atoms with Crippen LogP contribution in [0.15, 0.2) is 0 Å². The van der Waals surface area contributed by atoms with Crippen LogP contribution in [0.4, 0.5) is 8.78 Å². The van der Waals surface area contributed by atoms with Crippen LogP contribution in [0.2, 0.25) is 0 Å². The predicted molar refractivity (Wildman–Crippen MR) is 131 cm³/mol. The lowest BCUT2D eigenvalue weighted by molar-refractivity contribution is -0.169. The lowest BCUT2D eigenvalue weighted by Crippen LogP contribution is -2.45. The average Bonchev–Trinajstić information content (AvgIpc) is 3.05. The SMILES string of the molecule is CCC(=O)OC(OP(=O)(CCCCC(S)CCS)CC(=O)N1CC(F)C(F)C1C(=O)O)C(C)C. The number of likely N-dealkylation sites (tertiary alicyclic amines) is 1. The van der Waals surface area contributed by atoms with Gasteiger partial charge in [0.2, 0.25) is 19.6 Å². The molecule has 1 rings (SSSR count). The summed E-state index contributed by atoms with van der Waals surface area (Å²) in [5, 5.41) is 9.37. The van der Waals surface area contributed by atoms with E-state index in [2.05, 4.69) is 25.3 Å². The Hall–Kier alpha value is -0.840. The molecule has 0 aromatic heterocycles. The highest BCUT2D eigenvalue weighted by Gasteiger charge is 2.50. The summed E-state index contributed by atoms with van der Waals surface area (Å²) in [5.74, 6) is -2.95. The van der Waals surface area contributed by atoms with Crippen LogP contribution in [-0.2, 0) is 28.2 Å². The predicted octanol–water partition coefficient (Wildman–Crippen LogP) is 3.98. The third kappa shape index (κ3) is 9.66. The average molecular weight is 548 g/mol. The van der Waals surface area contributed by atoms with E-state index in [1.807, 2.05) is 0 Å². The quantitative estimate of drug-likeness (QED) is 0.0936. The molecule has 1 fully saturated rings. The summed E-state index contributed by atoms with van der Waals surface area (Å²) in [7, 11) is -3.82. The Kier molecular flexibility index (Phi) is 13.4. The van der Waals surface area contributed by atoms with E-state index in [4.69, 9.17) is 9.26 Å². The zero-order valence-corrected chi connectivity index (χ0v) is 22.5. The number of carbonyl (C=O) groups is 3. The summed E-state index contributed by atoms with van der Waals surface area (Å²) < 4.78 is 52.6. The number of nitrogens with zero attached hydrogens (tertiary/aromatic N) is 1. The van der Waals surface area contributed by atoms with E-state index in [1.54, 1.807) is 20.8 Å². The Balaban J connectivity index is 3.03. The van der Waals surface area contributed by atoms with Crippen molar-refractivity contribution in [3.8, 4) is 0 Å². The van der Waals surface area contributed by atoms with Crippen LogP contribution < -0.4 is 0 Å². The number of hydrogen-bond donors (Lipinski definition) is 3. The van der Waals surface area contributed by atoms with E-state index in [0.717, 1.165) is 12.8 Å². The first-order valence-electron chi connectivity index (χ1n) is 11.4. The van der Waals surface area contributed by atoms with Crippen molar-refractivity contribution >= 4 is 50.5 Å². The lowest BCUT2D eigenvalue weighted by Gasteiger charge is -2.29. The van der Waals surface area contributed by atoms with E-state index in [-0.39, 0.29) is 23.8 Å². The molecule has 0 aromatic rings. The maximum Gasteiger partial charge on any atom is 0.329 e. The third-order valence-corrected chi connectivity index (χ3v) is 8.55. The highest BCUT2D eigenvalue weighted by atomic mass is 32.1. The number of rotatable bonds is 15. The fourth-order valence-corrected chi connectivity index (χ4v) is 6.60. The van der Waals surface area contributed by atoms with Crippen LogP contribution in [0, 0.1) is 5.92 Å². The van der Waals surface area contributed by atoms with Gasteiger partial charge in [0.05, 0.1) is 6.54 Å². The maximum atomic E-state index is 14.0. The first-order chi connectivity index (χ1) is 15.8. The number of unbranched alkanes of at least 4 members (excludes halogenated alkanes) is 1. The number of carbonyl (C=O) groups excluding carboxylic acids is 2. The number of aliphatic carboxylic acids is 1. The van der Waals surface area contributed by atoms with Gasteiger partial charge in [-0.3, -0.25) is 18.7 Å². The molecule has 0 bridgehead atoms. The second kappa shape index (κ2) is 14.7. The van der Waals surface area contributed by atoms with E-state index >= 15 is 0 Å². The minimum Gasteiger partial charge on any atom is -0.480 e. The first-order valence-corrected chi connectivity index (χ1v) is 14.5. The Morgan fingerprint density at radius 2 is 1.85 bits per heavy atom. The van der Waals surface area contributed by atoms with Gasteiger partial charge in [-0.25, -0.2) is 13.6 Å². The molecule has 1 amide bonds. The molecule has 0 spiro atoms. The van der Waals surface area contributed by atoms with Gasteiger partial charge in [-0.1, -0.05) is 27.2 Å². The summed E-state index contributed by atoms with van der Waals surface area (Å²) in [6, 6.07) is -2.00. The molecule has 1 heterocycles. The number of esters is 1. The fourth-order valence-electron chi connectivity index (χ4n) is 3.47. The number of hydrogen-bond acceptors (Lipinski definition) is 8. The van der Waals surface area contributed by atoms with Gasteiger partial charge in [-0.15, -0.1) is 0 Å². The molecule has 198 valence electrons. The summed E-state index contributed by atoms with van der Waals surface area (Å²) in [5.41, 5.74) is 0. The zero-order valence-electron chi connectivity index (χ0n) is 19.8. The van der Waals surface area contributed by atoms with Gasteiger partial charge in [0.15, 0.2) is 18.4 Å². The molecule has 0 aliphatic carbocycles. The molecule has 34 heavy (non-hydrogen) atoms. The smallest absolute Gasteiger partial charge is 0.329 e. The Labute approximate surface area is 210 Å². The van der Waals surface area contributed by atoms with Crippen molar-refractivity contribution < 1.29 is 42.1 Å². The van der Waals surface area contributed by atoms with Gasteiger partial charge < -0.3 is 14.7 Å². The molecule has 0 aromatic carbocycles. The van der Waals surface area contributed by atoms with Gasteiger partial charge in [0.25, 0.3) is 0 Å². The number of thiol groups is 2. The zero-order chi connectivity index (χ0) is 26.1. The Morgan fingerprint density at radius 3 is 2.38 bits per heavy atom. The minimum atomic E-state index is -3.82. The molecule has 1 N–H and O–H groups in total. The highest BCUT2D eigenvalue weighted by molar-refractivity contribution is 7.81. The number of amides is 1. The summed E-state index contributed by atoms with van der Waals surface area (Å²) in [4.78, 5) is 36.7. The third-order valence-electron chi connectivity index (χ3n) is 5.43. The molecule has 1 aliphatic heterocycles. The molecular formula is C21H36F2NO7PS2. The number of carboxylic acid groups (broad SMARTS) is 1. The molecule has 6 unspecified atom stereocenters. The van der Waals surface area contributed by atoms with Crippen LogP contribution >= 0.6 is 32.6 Å². The molecule has 13 heteroatoms.